The minimum atomic E-state index is -0.00415. The van der Waals surface area contributed by atoms with Crippen LogP contribution in [0.4, 0.5) is 0 Å². The smallest absolute Gasteiger partial charge is 0.224 e. The molecule has 0 unspecified atom stereocenters. The van der Waals surface area contributed by atoms with E-state index in [9.17, 15) is 4.79 Å². The van der Waals surface area contributed by atoms with Crippen LogP contribution in [0.25, 0.3) is 11.5 Å². The molecule has 2 heterocycles. The molecule has 2 atom stereocenters. The number of amides is 1. The van der Waals surface area contributed by atoms with Gasteiger partial charge in [-0.25, -0.2) is 4.98 Å². The molecule has 2 aromatic heterocycles. The number of aryl methyl sites for hydroxylation is 1. The monoisotopic (exact) mass is 372 g/mol. The predicted octanol–water partition coefficient (Wildman–Crippen LogP) is 4.78. The third-order valence-corrected chi connectivity index (χ3v) is 5.52. The van der Waals surface area contributed by atoms with E-state index in [4.69, 9.17) is 16.0 Å². The Balaban J connectivity index is 1.34. The largest absolute Gasteiger partial charge is 0.458 e. The Labute approximate surface area is 154 Å². The van der Waals surface area contributed by atoms with Gasteiger partial charge in [-0.1, -0.05) is 29.8 Å². The van der Waals surface area contributed by atoms with Crippen molar-refractivity contribution in [2.45, 2.75) is 25.8 Å². The molecule has 4 nitrogen and oxygen atoms in total. The molecule has 1 fully saturated rings. The number of benzene rings is 1. The Morgan fingerprint density at radius 2 is 2.20 bits per heavy atom. The van der Waals surface area contributed by atoms with Gasteiger partial charge in [-0.15, -0.1) is 11.3 Å². The zero-order valence-corrected chi connectivity index (χ0v) is 15.2. The average Bonchev–Trinajstić information content (AvgIpc) is 3.04. The first-order chi connectivity index (χ1) is 12.1. The van der Waals surface area contributed by atoms with Gasteiger partial charge in [0.15, 0.2) is 5.76 Å². The highest BCUT2D eigenvalue weighted by Crippen LogP contribution is 2.49. The van der Waals surface area contributed by atoms with E-state index < -0.39 is 0 Å². The molecule has 1 aliphatic carbocycles. The first kappa shape index (κ1) is 16.4. The Kier molecular flexibility index (Phi) is 4.36. The van der Waals surface area contributed by atoms with E-state index in [1.165, 1.54) is 0 Å². The maximum absolute atomic E-state index is 12.3. The van der Waals surface area contributed by atoms with Gasteiger partial charge in [-0.05, 0) is 43.0 Å². The molecule has 128 valence electrons. The number of furan rings is 1. The number of thiazole rings is 1. The number of rotatable bonds is 5. The van der Waals surface area contributed by atoms with E-state index in [0.29, 0.717) is 6.54 Å². The van der Waals surface area contributed by atoms with Gasteiger partial charge in [-0.2, -0.15) is 0 Å². The number of halogens is 1. The lowest BCUT2D eigenvalue weighted by atomic mass is 10.1. The molecule has 25 heavy (non-hydrogen) atoms. The minimum absolute atomic E-state index is 0.00415. The Morgan fingerprint density at radius 1 is 1.36 bits per heavy atom. The summed E-state index contributed by atoms with van der Waals surface area (Å²) in [5.41, 5.74) is 1.89. The fourth-order valence-electron chi connectivity index (χ4n) is 3.00. The molecule has 1 aromatic carbocycles. The summed E-state index contributed by atoms with van der Waals surface area (Å²) in [5.74, 6) is 1.72. The fraction of sp³-hybridized carbons (Fsp3) is 0.263. The summed E-state index contributed by atoms with van der Waals surface area (Å²) in [4.78, 5) is 16.8. The summed E-state index contributed by atoms with van der Waals surface area (Å²) >= 11 is 7.80. The Bertz CT molecular complexity index is 918. The first-order valence-electron chi connectivity index (χ1n) is 8.15. The van der Waals surface area contributed by atoms with Crippen molar-refractivity contribution in [3.05, 3.63) is 63.1 Å². The molecule has 1 N–H and O–H groups in total. The van der Waals surface area contributed by atoms with Crippen molar-refractivity contribution >= 4 is 28.8 Å². The lowest BCUT2D eigenvalue weighted by molar-refractivity contribution is -0.122. The molecule has 4 rings (SSSR count). The van der Waals surface area contributed by atoms with Gasteiger partial charge < -0.3 is 9.73 Å². The zero-order chi connectivity index (χ0) is 17.4. The quantitative estimate of drug-likeness (QED) is 0.700. The highest BCUT2D eigenvalue weighted by atomic mass is 35.5. The van der Waals surface area contributed by atoms with Crippen LogP contribution in [0, 0.1) is 12.8 Å². The number of nitrogens with one attached hydrogen (secondary N) is 1. The highest BCUT2D eigenvalue weighted by Gasteiger charge is 2.44. The number of carbonyl (C=O) groups excluding carboxylic acids is 1. The molecule has 1 saturated carbocycles. The summed E-state index contributed by atoms with van der Waals surface area (Å²) in [6.07, 6.45) is 0.844. The van der Waals surface area contributed by atoms with E-state index >= 15 is 0 Å². The third-order valence-electron chi connectivity index (χ3n) is 4.40. The summed E-state index contributed by atoms with van der Waals surface area (Å²) in [5, 5.41) is 6.66. The molecule has 1 amide bonds. The molecule has 0 saturated heterocycles. The van der Waals surface area contributed by atoms with Gasteiger partial charge in [0.05, 0.1) is 11.6 Å². The normalized spacial score (nSPS) is 19.0. The molecule has 0 radical (unpaired) electrons. The predicted molar refractivity (Wildman–Crippen MR) is 98.7 cm³/mol. The topological polar surface area (TPSA) is 55.1 Å². The van der Waals surface area contributed by atoms with Crippen LogP contribution in [0.15, 0.2) is 46.2 Å². The summed E-state index contributed by atoms with van der Waals surface area (Å²) in [6, 6.07) is 11.5. The molecule has 0 spiro atoms. The van der Waals surface area contributed by atoms with Gasteiger partial charge >= 0.3 is 0 Å². The van der Waals surface area contributed by atoms with Crippen LogP contribution in [0.5, 0.6) is 0 Å². The summed E-state index contributed by atoms with van der Waals surface area (Å²) in [6.45, 7) is 2.34. The summed E-state index contributed by atoms with van der Waals surface area (Å²) in [7, 11) is 0. The van der Waals surface area contributed by atoms with Crippen molar-refractivity contribution < 1.29 is 9.21 Å². The fourth-order valence-corrected chi connectivity index (χ4v) is 3.87. The van der Waals surface area contributed by atoms with Gasteiger partial charge in [0.1, 0.15) is 11.5 Å². The molecule has 3 aromatic rings. The van der Waals surface area contributed by atoms with Crippen LogP contribution in [-0.4, -0.2) is 10.9 Å². The number of hydrogen-bond acceptors (Lipinski definition) is 4. The summed E-state index contributed by atoms with van der Waals surface area (Å²) < 4.78 is 5.77. The lowest BCUT2D eigenvalue weighted by Gasteiger charge is -2.04. The van der Waals surface area contributed by atoms with Crippen LogP contribution in [0.2, 0.25) is 5.02 Å². The SMILES string of the molecule is Cc1nc(-c2ccc(CNC(=O)[C@H]3C[C@@H]3c3ccccc3Cl)o2)cs1. The van der Waals surface area contributed by atoms with E-state index in [-0.39, 0.29) is 17.7 Å². The third kappa shape index (κ3) is 3.48. The van der Waals surface area contributed by atoms with Gasteiger partial charge in [0.25, 0.3) is 0 Å². The van der Waals surface area contributed by atoms with Crippen molar-refractivity contribution in [2.75, 3.05) is 0 Å². The van der Waals surface area contributed by atoms with E-state index in [2.05, 4.69) is 10.3 Å². The maximum atomic E-state index is 12.3. The van der Waals surface area contributed by atoms with E-state index in [1.807, 2.05) is 48.7 Å². The first-order valence-corrected chi connectivity index (χ1v) is 9.41. The van der Waals surface area contributed by atoms with Gasteiger partial charge in [-0.3, -0.25) is 4.79 Å². The number of nitrogens with zero attached hydrogens (tertiary/aromatic N) is 1. The molecule has 0 aliphatic heterocycles. The molecular weight excluding hydrogens is 356 g/mol. The molecule has 1 aliphatic rings. The van der Waals surface area contributed by atoms with Gasteiger partial charge in [0, 0.05) is 16.3 Å². The van der Waals surface area contributed by atoms with Crippen LogP contribution in [0.1, 0.15) is 28.7 Å². The Hall–Kier alpha value is -2.11. The van der Waals surface area contributed by atoms with Crippen molar-refractivity contribution in [3.8, 4) is 11.5 Å². The van der Waals surface area contributed by atoms with Crippen molar-refractivity contribution in [1.29, 1.82) is 0 Å². The average molecular weight is 373 g/mol. The standard InChI is InChI=1S/C19H17ClN2O2S/c1-11-22-17(10-25-11)18-7-6-12(24-18)9-21-19(23)15-8-14(15)13-4-2-3-5-16(13)20/h2-7,10,14-15H,8-9H2,1H3,(H,21,23)/t14-,15+/m1/s1. The highest BCUT2D eigenvalue weighted by molar-refractivity contribution is 7.09. The van der Waals surface area contributed by atoms with Crippen LogP contribution >= 0.6 is 22.9 Å². The second kappa shape index (κ2) is 6.65. The maximum Gasteiger partial charge on any atom is 0.224 e. The molecular formula is C19H17ClN2O2S. The Morgan fingerprint density at radius 3 is 2.96 bits per heavy atom. The molecule has 0 bridgehead atoms. The van der Waals surface area contributed by atoms with Crippen molar-refractivity contribution in [2.24, 2.45) is 5.92 Å². The van der Waals surface area contributed by atoms with Crippen LogP contribution < -0.4 is 5.32 Å². The van der Waals surface area contributed by atoms with Gasteiger partial charge in [0.2, 0.25) is 5.91 Å². The van der Waals surface area contributed by atoms with E-state index in [1.54, 1.807) is 11.3 Å². The van der Waals surface area contributed by atoms with E-state index in [0.717, 1.165) is 39.2 Å². The number of carbonyl (C=O) groups is 1. The number of hydrogen-bond donors (Lipinski definition) is 1. The second-order valence-electron chi connectivity index (χ2n) is 6.21. The van der Waals surface area contributed by atoms with Crippen molar-refractivity contribution in [1.82, 2.24) is 10.3 Å². The zero-order valence-electron chi connectivity index (χ0n) is 13.7. The van der Waals surface area contributed by atoms with Crippen molar-refractivity contribution in [3.63, 3.8) is 0 Å². The number of aromatic nitrogens is 1. The van der Waals surface area contributed by atoms with Crippen LogP contribution in [-0.2, 0) is 11.3 Å². The lowest BCUT2D eigenvalue weighted by Crippen LogP contribution is -2.24. The van der Waals surface area contributed by atoms with Crippen LogP contribution in [0.3, 0.4) is 0 Å². The molecule has 6 heteroatoms. The second-order valence-corrected chi connectivity index (χ2v) is 7.68. The minimum Gasteiger partial charge on any atom is -0.458 e.